The first-order chi connectivity index (χ1) is 9.49. The third-order valence-corrected chi connectivity index (χ3v) is 5.12. The molecule has 0 aliphatic carbocycles. The van der Waals surface area contributed by atoms with Gasteiger partial charge in [0.25, 0.3) is 0 Å². The van der Waals surface area contributed by atoms with Crippen LogP contribution in [-0.4, -0.2) is 50.7 Å². The Kier molecular flexibility index (Phi) is 2.93. The molecule has 1 saturated heterocycles. The zero-order chi connectivity index (χ0) is 14.3. The Balaban J connectivity index is 1.89. The summed E-state index contributed by atoms with van der Waals surface area (Å²) in [6.45, 7) is 1.98. The van der Waals surface area contributed by atoms with Crippen LogP contribution in [0.1, 0.15) is 5.56 Å². The van der Waals surface area contributed by atoms with Gasteiger partial charge in [0, 0.05) is 42.8 Å². The van der Waals surface area contributed by atoms with Crippen LogP contribution >= 0.6 is 0 Å². The molecule has 0 bridgehead atoms. The smallest absolute Gasteiger partial charge is 0.407 e. The van der Waals surface area contributed by atoms with Crippen molar-refractivity contribution < 1.29 is 18.3 Å². The van der Waals surface area contributed by atoms with Crippen LogP contribution in [0.2, 0.25) is 0 Å². The van der Waals surface area contributed by atoms with Gasteiger partial charge >= 0.3 is 6.09 Å². The van der Waals surface area contributed by atoms with E-state index in [9.17, 15) is 13.2 Å². The maximum absolute atomic E-state index is 11.8. The predicted molar refractivity (Wildman–Crippen MR) is 74.5 cm³/mol. The van der Waals surface area contributed by atoms with Crippen LogP contribution in [0, 0.1) is 0 Å². The number of benzene rings is 1. The van der Waals surface area contributed by atoms with Gasteiger partial charge in [0.15, 0.2) is 0 Å². The molecule has 1 aromatic carbocycles. The second-order valence-electron chi connectivity index (χ2n) is 4.79. The van der Waals surface area contributed by atoms with Gasteiger partial charge in [0.2, 0.25) is 9.84 Å². The minimum atomic E-state index is -3.30. The van der Waals surface area contributed by atoms with Crippen molar-refractivity contribution in [2.75, 3.05) is 31.1 Å². The number of hydrogen-bond donors (Lipinski definition) is 1. The third kappa shape index (κ3) is 2.03. The molecule has 2 heterocycles. The number of rotatable bonds is 1. The van der Waals surface area contributed by atoms with Crippen molar-refractivity contribution in [1.82, 2.24) is 4.90 Å². The van der Waals surface area contributed by atoms with E-state index in [0.29, 0.717) is 36.6 Å². The normalized spacial score (nSPS) is 20.0. The highest BCUT2D eigenvalue weighted by Gasteiger charge is 2.27. The molecule has 20 heavy (non-hydrogen) atoms. The highest BCUT2D eigenvalue weighted by molar-refractivity contribution is 7.94. The topological polar surface area (TPSA) is 77.9 Å². The molecule has 0 unspecified atom stereocenters. The number of anilines is 1. The lowest BCUT2D eigenvalue weighted by Crippen LogP contribution is -2.48. The first-order valence-corrected chi connectivity index (χ1v) is 7.83. The average Bonchev–Trinajstić information content (AvgIpc) is 2.75. The fourth-order valence-electron chi connectivity index (χ4n) is 2.59. The molecule has 7 heteroatoms. The second kappa shape index (κ2) is 4.52. The molecule has 1 amide bonds. The number of hydrogen-bond acceptors (Lipinski definition) is 4. The van der Waals surface area contributed by atoms with Crippen LogP contribution in [0.25, 0.3) is 6.08 Å². The molecule has 0 spiro atoms. The fourth-order valence-corrected chi connectivity index (χ4v) is 3.80. The maximum atomic E-state index is 11.8. The summed E-state index contributed by atoms with van der Waals surface area (Å²) in [5, 5.41) is 10.2. The molecular formula is C13H14N2O4S. The fraction of sp³-hybridized carbons (Fsp3) is 0.308. The Morgan fingerprint density at radius 1 is 1.15 bits per heavy atom. The van der Waals surface area contributed by atoms with E-state index < -0.39 is 15.9 Å². The monoisotopic (exact) mass is 294 g/mol. The van der Waals surface area contributed by atoms with Crippen molar-refractivity contribution in [1.29, 1.82) is 0 Å². The number of sulfone groups is 1. The van der Waals surface area contributed by atoms with Crippen LogP contribution in [0.5, 0.6) is 0 Å². The van der Waals surface area contributed by atoms with Gasteiger partial charge in [-0.3, -0.25) is 0 Å². The molecule has 6 nitrogen and oxygen atoms in total. The molecule has 2 aliphatic heterocycles. The van der Waals surface area contributed by atoms with E-state index in [-0.39, 0.29) is 0 Å². The van der Waals surface area contributed by atoms with Gasteiger partial charge < -0.3 is 14.9 Å². The lowest BCUT2D eigenvalue weighted by Gasteiger charge is -2.35. The van der Waals surface area contributed by atoms with Gasteiger partial charge in [-0.1, -0.05) is 6.07 Å². The van der Waals surface area contributed by atoms with E-state index in [2.05, 4.69) is 0 Å². The number of fused-ring (bicyclic) bond motifs is 1. The van der Waals surface area contributed by atoms with Crippen molar-refractivity contribution in [3.63, 3.8) is 0 Å². The van der Waals surface area contributed by atoms with Gasteiger partial charge in [-0.25, -0.2) is 13.2 Å². The SMILES string of the molecule is O=C(O)N1CCN(c2cccc3c2C=CS3(=O)=O)CC1. The van der Waals surface area contributed by atoms with Crippen LogP contribution in [0.4, 0.5) is 10.5 Å². The standard InChI is InChI=1S/C13H14N2O4S/c16-13(17)15-7-5-14(6-8-15)11-2-1-3-12-10(11)4-9-20(12,18)19/h1-4,9H,5-8H2,(H,16,17). The van der Waals surface area contributed by atoms with Crippen LogP contribution in [0.15, 0.2) is 28.5 Å². The van der Waals surface area contributed by atoms with Crippen LogP contribution in [0.3, 0.4) is 0 Å². The summed E-state index contributed by atoms with van der Waals surface area (Å²) < 4.78 is 23.7. The minimum absolute atomic E-state index is 0.329. The molecule has 1 aromatic rings. The van der Waals surface area contributed by atoms with Gasteiger partial charge in [-0.15, -0.1) is 0 Å². The third-order valence-electron chi connectivity index (χ3n) is 3.65. The summed E-state index contributed by atoms with van der Waals surface area (Å²) in [4.78, 5) is 14.6. The Hall–Kier alpha value is -2.02. The molecule has 0 aromatic heterocycles. The maximum Gasteiger partial charge on any atom is 0.407 e. The first-order valence-electron chi connectivity index (χ1n) is 6.28. The van der Waals surface area contributed by atoms with E-state index >= 15 is 0 Å². The van der Waals surface area contributed by atoms with E-state index in [4.69, 9.17) is 5.11 Å². The predicted octanol–water partition coefficient (Wildman–Crippen LogP) is 1.24. The second-order valence-corrected chi connectivity index (χ2v) is 6.60. The summed E-state index contributed by atoms with van der Waals surface area (Å²) in [6.07, 6.45) is 0.703. The Morgan fingerprint density at radius 3 is 2.50 bits per heavy atom. The molecule has 0 atom stereocenters. The van der Waals surface area contributed by atoms with Crippen molar-refractivity contribution in [2.45, 2.75) is 4.90 Å². The molecule has 1 fully saturated rings. The van der Waals surface area contributed by atoms with Crippen molar-refractivity contribution in [3.8, 4) is 0 Å². The molecule has 2 aliphatic rings. The molecule has 106 valence electrons. The number of nitrogens with zero attached hydrogens (tertiary/aromatic N) is 2. The zero-order valence-corrected chi connectivity index (χ0v) is 11.5. The van der Waals surface area contributed by atoms with Crippen LogP contribution < -0.4 is 4.90 Å². The van der Waals surface area contributed by atoms with Gasteiger partial charge in [-0.2, -0.15) is 0 Å². The largest absolute Gasteiger partial charge is 0.465 e. The van der Waals surface area contributed by atoms with Crippen molar-refractivity contribution in [3.05, 3.63) is 29.2 Å². The van der Waals surface area contributed by atoms with E-state index in [1.807, 2.05) is 11.0 Å². The first kappa shape index (κ1) is 13.0. The van der Waals surface area contributed by atoms with Gasteiger partial charge in [0.05, 0.1) is 4.90 Å². The van der Waals surface area contributed by atoms with E-state index in [1.54, 1.807) is 18.2 Å². The molecule has 0 radical (unpaired) electrons. The molecule has 3 rings (SSSR count). The summed E-state index contributed by atoms with van der Waals surface area (Å²) in [6, 6.07) is 5.20. The molecule has 1 N–H and O–H groups in total. The average molecular weight is 294 g/mol. The summed E-state index contributed by atoms with van der Waals surface area (Å²) in [5.74, 6) is 0. The van der Waals surface area contributed by atoms with Crippen molar-refractivity contribution in [2.24, 2.45) is 0 Å². The lowest BCUT2D eigenvalue weighted by molar-refractivity contribution is 0.142. The Labute approximate surface area is 116 Å². The minimum Gasteiger partial charge on any atom is -0.465 e. The zero-order valence-electron chi connectivity index (χ0n) is 10.7. The summed E-state index contributed by atoms with van der Waals surface area (Å²) >= 11 is 0. The number of carboxylic acid groups (broad SMARTS) is 1. The highest BCUT2D eigenvalue weighted by Crippen LogP contribution is 2.34. The Morgan fingerprint density at radius 2 is 1.85 bits per heavy atom. The quantitative estimate of drug-likeness (QED) is 0.843. The molecule has 0 saturated carbocycles. The summed E-state index contributed by atoms with van der Waals surface area (Å²) in [7, 11) is -3.30. The number of piperazine rings is 1. The Bertz CT molecular complexity index is 688. The highest BCUT2D eigenvalue weighted by atomic mass is 32.2. The number of amides is 1. The number of carbonyl (C=O) groups is 1. The van der Waals surface area contributed by atoms with Crippen molar-refractivity contribution >= 4 is 27.7 Å². The van der Waals surface area contributed by atoms with Crippen LogP contribution in [-0.2, 0) is 9.84 Å². The summed E-state index contributed by atoms with van der Waals surface area (Å²) in [5.41, 5.74) is 1.56. The lowest BCUT2D eigenvalue weighted by atomic mass is 10.1. The van der Waals surface area contributed by atoms with Gasteiger partial charge in [-0.05, 0) is 18.2 Å². The van der Waals surface area contributed by atoms with E-state index in [0.717, 1.165) is 5.69 Å². The van der Waals surface area contributed by atoms with Gasteiger partial charge in [0.1, 0.15) is 0 Å². The van der Waals surface area contributed by atoms with E-state index in [1.165, 1.54) is 10.3 Å². The molecular weight excluding hydrogens is 280 g/mol.